The predicted octanol–water partition coefficient (Wildman–Crippen LogP) is 3.14. The number of hydrogen-bond acceptors (Lipinski definition) is 3. The Morgan fingerprint density at radius 2 is 1.90 bits per heavy atom. The summed E-state index contributed by atoms with van der Waals surface area (Å²) in [4.78, 5) is 11.2. The van der Waals surface area contributed by atoms with Crippen molar-refractivity contribution in [3.05, 3.63) is 59.2 Å². The van der Waals surface area contributed by atoms with Gasteiger partial charge in [-0.2, -0.15) is 0 Å². The van der Waals surface area contributed by atoms with Crippen molar-refractivity contribution in [1.29, 1.82) is 0 Å². The number of aryl methyl sites for hydroxylation is 1. The van der Waals surface area contributed by atoms with Crippen molar-refractivity contribution in [2.45, 2.75) is 19.9 Å². The molecule has 0 heterocycles. The smallest absolute Gasteiger partial charge is 0.337 e. The fourth-order valence-corrected chi connectivity index (χ4v) is 2.16. The molecular weight excluding hydrogens is 252 g/mol. The molecule has 0 aliphatic heterocycles. The minimum Gasteiger partial charge on any atom is -0.478 e. The Labute approximate surface area is 118 Å². The number of benzene rings is 2. The molecule has 0 amide bonds. The van der Waals surface area contributed by atoms with E-state index in [1.807, 2.05) is 18.2 Å². The molecule has 0 fully saturated rings. The second-order valence-electron chi connectivity index (χ2n) is 4.59. The summed E-state index contributed by atoms with van der Waals surface area (Å²) in [5.74, 6) is -0.962. The van der Waals surface area contributed by atoms with Crippen molar-refractivity contribution in [2.75, 3.05) is 11.1 Å². The Kier molecular flexibility index (Phi) is 4.25. The summed E-state index contributed by atoms with van der Waals surface area (Å²) in [5.41, 5.74) is 9.45. The molecule has 0 aromatic heterocycles. The Bertz CT molecular complexity index is 624. The summed E-state index contributed by atoms with van der Waals surface area (Å²) in [6.45, 7) is 2.68. The lowest BCUT2D eigenvalue weighted by Crippen LogP contribution is -2.08. The normalized spacial score (nSPS) is 10.2. The van der Waals surface area contributed by atoms with E-state index < -0.39 is 5.97 Å². The molecule has 0 aliphatic carbocycles. The van der Waals surface area contributed by atoms with Crippen LogP contribution in [0.25, 0.3) is 0 Å². The molecule has 0 spiro atoms. The molecule has 0 saturated heterocycles. The van der Waals surface area contributed by atoms with Crippen LogP contribution >= 0.6 is 0 Å². The molecule has 2 rings (SSSR count). The topological polar surface area (TPSA) is 75.3 Å². The van der Waals surface area contributed by atoms with E-state index in [-0.39, 0.29) is 5.56 Å². The molecule has 0 saturated carbocycles. The number of nitrogen functional groups attached to an aromatic ring is 1. The van der Waals surface area contributed by atoms with Crippen LogP contribution in [0.15, 0.2) is 42.5 Å². The van der Waals surface area contributed by atoms with E-state index in [0.29, 0.717) is 17.9 Å². The standard InChI is InChI=1S/C16H18N2O2/c1-2-11-5-3-4-6-12(11)10-18-15-9-13(17)7-8-14(15)16(19)20/h3-9,18H,2,10,17H2,1H3,(H,19,20). The molecule has 4 heteroatoms. The van der Waals surface area contributed by atoms with E-state index in [2.05, 4.69) is 18.3 Å². The number of carboxylic acid groups (broad SMARTS) is 1. The first-order valence-electron chi connectivity index (χ1n) is 6.55. The van der Waals surface area contributed by atoms with Crippen LogP contribution in [0, 0.1) is 0 Å². The average molecular weight is 270 g/mol. The third-order valence-corrected chi connectivity index (χ3v) is 3.24. The van der Waals surface area contributed by atoms with Gasteiger partial charge in [0.2, 0.25) is 0 Å². The van der Waals surface area contributed by atoms with Crippen LogP contribution in [-0.2, 0) is 13.0 Å². The highest BCUT2D eigenvalue weighted by Crippen LogP contribution is 2.21. The zero-order valence-electron chi connectivity index (χ0n) is 11.4. The second-order valence-corrected chi connectivity index (χ2v) is 4.59. The van der Waals surface area contributed by atoms with Gasteiger partial charge in [-0.25, -0.2) is 4.79 Å². The number of carboxylic acids is 1. The molecule has 104 valence electrons. The van der Waals surface area contributed by atoms with Crippen LogP contribution in [0.1, 0.15) is 28.4 Å². The highest BCUT2D eigenvalue weighted by atomic mass is 16.4. The Hall–Kier alpha value is -2.49. The molecule has 0 radical (unpaired) electrons. The number of rotatable bonds is 5. The Morgan fingerprint density at radius 3 is 2.55 bits per heavy atom. The quantitative estimate of drug-likeness (QED) is 0.730. The zero-order chi connectivity index (χ0) is 14.5. The van der Waals surface area contributed by atoms with Gasteiger partial charge in [-0.15, -0.1) is 0 Å². The highest BCUT2D eigenvalue weighted by molar-refractivity contribution is 5.95. The van der Waals surface area contributed by atoms with Crippen molar-refractivity contribution in [3.63, 3.8) is 0 Å². The van der Waals surface area contributed by atoms with E-state index in [1.165, 1.54) is 11.6 Å². The van der Waals surface area contributed by atoms with Crippen LogP contribution < -0.4 is 11.1 Å². The maximum atomic E-state index is 11.2. The third kappa shape index (κ3) is 3.09. The summed E-state index contributed by atoms with van der Waals surface area (Å²) < 4.78 is 0. The molecule has 4 N–H and O–H groups in total. The third-order valence-electron chi connectivity index (χ3n) is 3.24. The van der Waals surface area contributed by atoms with Gasteiger partial charge in [0.25, 0.3) is 0 Å². The zero-order valence-corrected chi connectivity index (χ0v) is 11.4. The van der Waals surface area contributed by atoms with E-state index in [0.717, 1.165) is 12.0 Å². The number of nitrogens with two attached hydrogens (primary N) is 1. The van der Waals surface area contributed by atoms with Gasteiger partial charge in [-0.05, 0) is 35.7 Å². The average Bonchev–Trinajstić information content (AvgIpc) is 2.45. The minimum absolute atomic E-state index is 0.230. The first-order valence-corrected chi connectivity index (χ1v) is 6.55. The molecule has 2 aromatic rings. The lowest BCUT2D eigenvalue weighted by atomic mass is 10.0. The highest BCUT2D eigenvalue weighted by Gasteiger charge is 2.10. The summed E-state index contributed by atoms with van der Waals surface area (Å²) in [6.07, 6.45) is 0.945. The number of aromatic carboxylic acids is 1. The molecule has 0 unspecified atom stereocenters. The fourth-order valence-electron chi connectivity index (χ4n) is 2.16. The summed E-state index contributed by atoms with van der Waals surface area (Å²) in [6, 6.07) is 12.9. The first-order chi connectivity index (χ1) is 9.61. The van der Waals surface area contributed by atoms with E-state index >= 15 is 0 Å². The van der Waals surface area contributed by atoms with Gasteiger partial charge in [-0.1, -0.05) is 31.2 Å². The van der Waals surface area contributed by atoms with E-state index in [4.69, 9.17) is 5.73 Å². The summed E-state index contributed by atoms with van der Waals surface area (Å²) in [7, 11) is 0. The van der Waals surface area contributed by atoms with Crippen molar-refractivity contribution in [1.82, 2.24) is 0 Å². The van der Waals surface area contributed by atoms with Gasteiger partial charge < -0.3 is 16.2 Å². The van der Waals surface area contributed by atoms with Gasteiger partial charge in [0, 0.05) is 12.2 Å². The number of carbonyl (C=O) groups is 1. The second kappa shape index (κ2) is 6.10. The maximum Gasteiger partial charge on any atom is 0.337 e. The monoisotopic (exact) mass is 270 g/mol. The number of hydrogen-bond donors (Lipinski definition) is 3. The van der Waals surface area contributed by atoms with Crippen molar-refractivity contribution in [2.24, 2.45) is 0 Å². The van der Waals surface area contributed by atoms with Gasteiger partial charge in [0.15, 0.2) is 0 Å². The van der Waals surface area contributed by atoms with Crippen LogP contribution in [0.2, 0.25) is 0 Å². The summed E-state index contributed by atoms with van der Waals surface area (Å²) >= 11 is 0. The van der Waals surface area contributed by atoms with Crippen molar-refractivity contribution < 1.29 is 9.90 Å². The molecule has 0 aliphatic rings. The van der Waals surface area contributed by atoms with Crippen molar-refractivity contribution in [3.8, 4) is 0 Å². The minimum atomic E-state index is -0.962. The SMILES string of the molecule is CCc1ccccc1CNc1cc(N)ccc1C(=O)O. The van der Waals surface area contributed by atoms with E-state index in [1.54, 1.807) is 12.1 Å². The Morgan fingerprint density at radius 1 is 1.20 bits per heavy atom. The maximum absolute atomic E-state index is 11.2. The molecule has 2 aromatic carbocycles. The largest absolute Gasteiger partial charge is 0.478 e. The number of anilines is 2. The lowest BCUT2D eigenvalue weighted by Gasteiger charge is -2.12. The van der Waals surface area contributed by atoms with Gasteiger partial charge in [0.1, 0.15) is 0 Å². The van der Waals surface area contributed by atoms with Gasteiger partial charge in [0.05, 0.1) is 11.3 Å². The first kappa shape index (κ1) is 13.9. The van der Waals surface area contributed by atoms with Crippen molar-refractivity contribution >= 4 is 17.3 Å². The van der Waals surface area contributed by atoms with E-state index in [9.17, 15) is 9.90 Å². The van der Waals surface area contributed by atoms with Crippen LogP contribution in [-0.4, -0.2) is 11.1 Å². The molecule has 0 atom stereocenters. The van der Waals surface area contributed by atoms with Crippen LogP contribution in [0.4, 0.5) is 11.4 Å². The van der Waals surface area contributed by atoms with Crippen LogP contribution in [0.3, 0.4) is 0 Å². The number of nitrogens with one attached hydrogen (secondary N) is 1. The Balaban J connectivity index is 2.22. The van der Waals surface area contributed by atoms with Gasteiger partial charge >= 0.3 is 5.97 Å². The van der Waals surface area contributed by atoms with Crippen LogP contribution in [0.5, 0.6) is 0 Å². The van der Waals surface area contributed by atoms with Gasteiger partial charge in [-0.3, -0.25) is 0 Å². The summed E-state index contributed by atoms with van der Waals surface area (Å²) in [5, 5.41) is 12.3. The molecular formula is C16H18N2O2. The lowest BCUT2D eigenvalue weighted by molar-refractivity contribution is 0.0698. The fraction of sp³-hybridized carbons (Fsp3) is 0.188. The predicted molar refractivity (Wildman–Crippen MR) is 81.0 cm³/mol. The molecule has 20 heavy (non-hydrogen) atoms. The molecule has 0 bridgehead atoms. The molecule has 4 nitrogen and oxygen atoms in total.